The van der Waals surface area contributed by atoms with Crippen molar-refractivity contribution in [2.75, 3.05) is 13.7 Å². The SMILES string of the molecule is CO[C@@H]1O[C@@H](C)[C@H](OCc2ccccc2)[C@@H](O[C@H]2O[C@H](COCc3ccccc3)[C@@H](OCc3ccccc3)[C@H](OCc3ccccc3)[C@H]2OCc2ccccc2)[C@H]1O. The predicted octanol–water partition coefficient (Wildman–Crippen LogP) is 7.41. The largest absolute Gasteiger partial charge is 0.385 e. The van der Waals surface area contributed by atoms with E-state index >= 15 is 0 Å². The third-order valence-electron chi connectivity index (χ3n) is 10.4. The molecule has 0 aliphatic carbocycles. The lowest BCUT2D eigenvalue weighted by Gasteiger charge is -2.49. The number of rotatable bonds is 19. The van der Waals surface area contributed by atoms with Crippen molar-refractivity contribution in [3.8, 4) is 0 Å². The molecule has 10 atom stereocenters. The number of methoxy groups -OCH3 is 1. The Morgan fingerprint density at radius 3 is 1.29 bits per heavy atom. The van der Waals surface area contributed by atoms with Crippen LogP contribution in [-0.2, 0) is 75.7 Å². The van der Waals surface area contributed by atoms with Crippen LogP contribution in [0.15, 0.2) is 152 Å². The molecule has 2 saturated heterocycles. The summed E-state index contributed by atoms with van der Waals surface area (Å²) in [6.07, 6.45) is -8.32. The van der Waals surface area contributed by atoms with Gasteiger partial charge in [-0.2, -0.15) is 0 Å². The second-order valence-corrected chi connectivity index (χ2v) is 14.6. The first-order valence-electron chi connectivity index (χ1n) is 20.0. The summed E-state index contributed by atoms with van der Waals surface area (Å²) in [7, 11) is 1.49. The molecule has 10 heteroatoms. The minimum absolute atomic E-state index is 0.159. The van der Waals surface area contributed by atoms with Crippen LogP contribution in [0.25, 0.3) is 0 Å². The molecule has 5 aromatic rings. The standard InChI is InChI=1S/C48H54O10/c1-34-42(52-29-36-20-10-4-11-21-36)44(41(49)47(50-2)56-34)58-48-46(55-32-39-26-16-7-17-27-39)45(54-31-38-24-14-6-15-25-38)43(53-30-37-22-12-5-13-23-37)40(57-48)33-51-28-35-18-8-3-9-19-35/h3-27,34,40-49H,28-33H2,1-2H3/t34-,40+,41+,42-,43+,44-,45-,46+,47+,48+/m0/s1. The van der Waals surface area contributed by atoms with Gasteiger partial charge in [0, 0.05) is 7.11 Å². The van der Waals surface area contributed by atoms with Crippen LogP contribution in [-0.4, -0.2) is 80.2 Å². The van der Waals surface area contributed by atoms with Gasteiger partial charge in [0.05, 0.1) is 45.7 Å². The Morgan fingerprint density at radius 1 is 0.448 bits per heavy atom. The highest BCUT2D eigenvalue weighted by atomic mass is 16.8. The van der Waals surface area contributed by atoms with E-state index in [1.54, 1.807) is 0 Å². The fourth-order valence-electron chi connectivity index (χ4n) is 7.35. The first kappa shape index (κ1) is 41.8. The van der Waals surface area contributed by atoms with Crippen molar-refractivity contribution in [1.29, 1.82) is 0 Å². The van der Waals surface area contributed by atoms with Gasteiger partial charge < -0.3 is 47.7 Å². The van der Waals surface area contributed by atoms with Gasteiger partial charge in [0.25, 0.3) is 0 Å². The second-order valence-electron chi connectivity index (χ2n) is 14.6. The first-order valence-corrected chi connectivity index (χ1v) is 20.0. The van der Waals surface area contributed by atoms with E-state index in [4.69, 9.17) is 42.6 Å². The van der Waals surface area contributed by atoms with E-state index in [1.807, 2.05) is 159 Å². The molecule has 1 N–H and O–H groups in total. The molecule has 0 saturated carbocycles. The smallest absolute Gasteiger partial charge is 0.187 e. The molecule has 0 spiro atoms. The van der Waals surface area contributed by atoms with Crippen molar-refractivity contribution in [3.63, 3.8) is 0 Å². The molecule has 0 amide bonds. The molecule has 2 fully saturated rings. The Morgan fingerprint density at radius 2 is 0.845 bits per heavy atom. The maximum absolute atomic E-state index is 11.8. The molecular weight excluding hydrogens is 737 g/mol. The third kappa shape index (κ3) is 11.5. The summed E-state index contributed by atoms with van der Waals surface area (Å²) in [5.41, 5.74) is 4.94. The van der Waals surface area contributed by atoms with E-state index in [0.717, 1.165) is 27.8 Å². The molecule has 10 nitrogen and oxygen atoms in total. The molecular formula is C48H54O10. The summed E-state index contributed by atoms with van der Waals surface area (Å²) in [5.74, 6) is 0. The van der Waals surface area contributed by atoms with Crippen LogP contribution in [0, 0.1) is 0 Å². The summed E-state index contributed by atoms with van der Waals surface area (Å²) >= 11 is 0. The first-order chi connectivity index (χ1) is 28.6. The normalized spacial score (nSPS) is 27.3. The maximum atomic E-state index is 11.8. The van der Waals surface area contributed by atoms with Crippen LogP contribution >= 0.6 is 0 Å². The van der Waals surface area contributed by atoms with E-state index in [9.17, 15) is 5.11 Å². The van der Waals surface area contributed by atoms with Gasteiger partial charge in [0.15, 0.2) is 12.6 Å². The molecule has 306 valence electrons. The fraction of sp³-hybridized carbons (Fsp3) is 0.375. The molecule has 2 aliphatic heterocycles. The lowest BCUT2D eigenvalue weighted by molar-refractivity contribution is -0.370. The molecule has 2 heterocycles. The summed E-state index contributed by atoms with van der Waals surface area (Å²) in [6.45, 7) is 3.49. The number of hydrogen-bond acceptors (Lipinski definition) is 10. The number of benzene rings is 5. The number of aliphatic hydroxyl groups is 1. The zero-order valence-electron chi connectivity index (χ0n) is 33.1. The lowest BCUT2D eigenvalue weighted by atomic mass is 9.96. The van der Waals surface area contributed by atoms with E-state index in [2.05, 4.69) is 0 Å². The minimum atomic E-state index is -1.23. The Kier molecular flexibility index (Phi) is 15.6. The fourth-order valence-corrected chi connectivity index (χ4v) is 7.35. The average Bonchev–Trinajstić information content (AvgIpc) is 3.27. The zero-order valence-corrected chi connectivity index (χ0v) is 33.1. The van der Waals surface area contributed by atoms with E-state index in [0.29, 0.717) is 13.2 Å². The Bertz CT molecular complexity index is 1870. The highest BCUT2D eigenvalue weighted by Crippen LogP contribution is 2.35. The highest BCUT2D eigenvalue weighted by Gasteiger charge is 2.53. The summed E-state index contributed by atoms with van der Waals surface area (Å²) < 4.78 is 59.0. The summed E-state index contributed by atoms with van der Waals surface area (Å²) in [6, 6.07) is 49.7. The van der Waals surface area contributed by atoms with Crippen molar-refractivity contribution in [3.05, 3.63) is 179 Å². The maximum Gasteiger partial charge on any atom is 0.187 e. The van der Waals surface area contributed by atoms with E-state index in [1.165, 1.54) is 7.11 Å². The van der Waals surface area contributed by atoms with Crippen LogP contribution < -0.4 is 0 Å². The predicted molar refractivity (Wildman–Crippen MR) is 217 cm³/mol. The van der Waals surface area contributed by atoms with Crippen molar-refractivity contribution in [2.24, 2.45) is 0 Å². The Labute approximate surface area is 341 Å². The van der Waals surface area contributed by atoms with Crippen molar-refractivity contribution < 1.29 is 47.7 Å². The van der Waals surface area contributed by atoms with Gasteiger partial charge in [0.2, 0.25) is 0 Å². The quantitative estimate of drug-likeness (QED) is 0.0911. The number of hydrogen-bond donors (Lipinski definition) is 1. The highest BCUT2D eigenvalue weighted by molar-refractivity contribution is 5.17. The third-order valence-corrected chi connectivity index (χ3v) is 10.4. The molecule has 0 bridgehead atoms. The van der Waals surface area contributed by atoms with Crippen molar-refractivity contribution >= 4 is 0 Å². The number of aliphatic hydroxyl groups excluding tert-OH is 1. The van der Waals surface area contributed by atoms with E-state index < -0.39 is 61.4 Å². The van der Waals surface area contributed by atoms with Gasteiger partial charge in [-0.05, 0) is 34.7 Å². The van der Waals surface area contributed by atoms with Crippen LogP contribution in [0.5, 0.6) is 0 Å². The Hall–Kier alpha value is -4.30. The average molecular weight is 791 g/mol. The summed E-state index contributed by atoms with van der Waals surface area (Å²) in [5, 5.41) is 11.8. The van der Waals surface area contributed by atoms with Gasteiger partial charge in [0.1, 0.15) is 42.7 Å². The van der Waals surface area contributed by atoms with Crippen molar-refractivity contribution in [1.82, 2.24) is 0 Å². The monoisotopic (exact) mass is 790 g/mol. The van der Waals surface area contributed by atoms with Gasteiger partial charge >= 0.3 is 0 Å². The van der Waals surface area contributed by atoms with Crippen LogP contribution in [0.2, 0.25) is 0 Å². The summed E-state index contributed by atoms with van der Waals surface area (Å²) in [4.78, 5) is 0. The molecule has 0 radical (unpaired) electrons. The molecule has 7 rings (SSSR count). The van der Waals surface area contributed by atoms with Gasteiger partial charge in [-0.15, -0.1) is 0 Å². The van der Waals surface area contributed by atoms with E-state index in [-0.39, 0.29) is 26.4 Å². The van der Waals surface area contributed by atoms with Crippen LogP contribution in [0.3, 0.4) is 0 Å². The zero-order chi connectivity index (χ0) is 39.9. The molecule has 0 unspecified atom stereocenters. The van der Waals surface area contributed by atoms with Crippen molar-refractivity contribution in [2.45, 2.75) is 101 Å². The van der Waals surface area contributed by atoms with Gasteiger partial charge in [-0.1, -0.05) is 152 Å². The molecule has 2 aliphatic rings. The van der Waals surface area contributed by atoms with Gasteiger partial charge in [-0.3, -0.25) is 0 Å². The molecule has 0 aromatic heterocycles. The van der Waals surface area contributed by atoms with Gasteiger partial charge in [-0.25, -0.2) is 0 Å². The molecule has 5 aromatic carbocycles. The van der Waals surface area contributed by atoms with Crippen LogP contribution in [0.1, 0.15) is 34.7 Å². The second kappa shape index (κ2) is 21.6. The number of ether oxygens (including phenoxy) is 9. The topological polar surface area (TPSA) is 103 Å². The minimum Gasteiger partial charge on any atom is -0.385 e. The molecule has 58 heavy (non-hydrogen) atoms. The van der Waals surface area contributed by atoms with Crippen LogP contribution in [0.4, 0.5) is 0 Å². The lowest BCUT2D eigenvalue weighted by Crippen LogP contribution is -2.65. The Balaban J connectivity index is 1.23.